The molecule has 0 saturated heterocycles. The molecule has 1 aromatic carbocycles. The molecule has 19 heavy (non-hydrogen) atoms. The fourth-order valence-electron chi connectivity index (χ4n) is 3.66. The normalized spacial score (nSPS) is 20.2. The largest absolute Gasteiger partial charge is 0.358 e. The molecule has 1 spiro atoms. The van der Waals surface area contributed by atoms with Gasteiger partial charge in [-0.1, -0.05) is 51.5 Å². The van der Waals surface area contributed by atoms with E-state index in [1.165, 1.54) is 60.2 Å². The molecule has 1 aromatic rings. The van der Waals surface area contributed by atoms with Crippen LogP contribution in [0, 0.1) is 0 Å². The topological polar surface area (TPSA) is 12.0 Å². The van der Waals surface area contributed by atoms with Crippen LogP contribution in [0.25, 0.3) is 5.57 Å². The Hall–Kier alpha value is -1.50. The summed E-state index contributed by atoms with van der Waals surface area (Å²) in [4.78, 5) is 0. The van der Waals surface area contributed by atoms with Crippen molar-refractivity contribution in [2.45, 2.75) is 50.9 Å². The van der Waals surface area contributed by atoms with Crippen molar-refractivity contribution in [3.05, 3.63) is 48.2 Å². The number of fused-ring (bicyclic) bond motifs is 2. The zero-order valence-corrected chi connectivity index (χ0v) is 11.9. The van der Waals surface area contributed by atoms with Crippen LogP contribution in [-0.2, 0) is 5.41 Å². The molecule has 0 atom stereocenters. The predicted octanol–water partition coefficient (Wildman–Crippen LogP) is 5.25. The Bertz CT molecular complexity index is 533. The van der Waals surface area contributed by atoms with E-state index in [0.717, 1.165) is 6.42 Å². The highest BCUT2D eigenvalue weighted by atomic mass is 15.0. The van der Waals surface area contributed by atoms with Gasteiger partial charge in [-0.3, -0.25) is 0 Å². The first-order chi connectivity index (χ1) is 9.17. The zero-order chi connectivity index (χ0) is 13.5. The SMILES string of the molecule is C=C(CC)c1ccc2c(c1)NC(=C)C21CCCCC1. The van der Waals surface area contributed by atoms with Crippen LogP contribution in [0.15, 0.2) is 37.1 Å². The van der Waals surface area contributed by atoms with Crippen LogP contribution in [0.5, 0.6) is 0 Å². The molecule has 0 aromatic heterocycles. The minimum atomic E-state index is 0.208. The molecule has 0 unspecified atom stereocenters. The van der Waals surface area contributed by atoms with Gasteiger partial charge < -0.3 is 5.32 Å². The monoisotopic (exact) mass is 253 g/mol. The maximum Gasteiger partial charge on any atom is 0.0430 e. The lowest BCUT2D eigenvalue weighted by atomic mass is 9.69. The molecule has 2 aliphatic rings. The van der Waals surface area contributed by atoms with Gasteiger partial charge in [0.1, 0.15) is 0 Å². The van der Waals surface area contributed by atoms with Crippen molar-refractivity contribution in [2.75, 3.05) is 5.32 Å². The molecule has 1 saturated carbocycles. The molecule has 1 heterocycles. The van der Waals surface area contributed by atoms with E-state index in [1.807, 2.05) is 0 Å². The molecular formula is C18H23N. The zero-order valence-electron chi connectivity index (χ0n) is 11.9. The van der Waals surface area contributed by atoms with E-state index in [0.29, 0.717) is 0 Å². The van der Waals surface area contributed by atoms with E-state index in [4.69, 9.17) is 0 Å². The summed E-state index contributed by atoms with van der Waals surface area (Å²) >= 11 is 0. The third kappa shape index (κ3) is 1.83. The highest BCUT2D eigenvalue weighted by molar-refractivity contribution is 5.74. The number of benzene rings is 1. The Balaban J connectivity index is 2.03. The standard InChI is InChI=1S/C18H23N/c1-4-13(2)15-8-9-16-17(12-15)19-14(3)18(16)10-6-5-7-11-18/h8-9,12,19H,2-7,10-11H2,1H3. The van der Waals surface area contributed by atoms with Crippen molar-refractivity contribution >= 4 is 11.3 Å². The first-order valence-electron chi connectivity index (χ1n) is 7.46. The van der Waals surface area contributed by atoms with Crippen molar-refractivity contribution in [3.8, 4) is 0 Å². The molecule has 1 fully saturated rings. The first kappa shape index (κ1) is 12.5. The molecule has 1 heteroatoms. The number of anilines is 1. The summed E-state index contributed by atoms with van der Waals surface area (Å²) in [6, 6.07) is 6.80. The summed E-state index contributed by atoms with van der Waals surface area (Å²) in [6.45, 7) is 10.6. The Morgan fingerprint density at radius 3 is 2.68 bits per heavy atom. The lowest BCUT2D eigenvalue weighted by Gasteiger charge is -2.34. The number of rotatable bonds is 2. The summed E-state index contributed by atoms with van der Waals surface area (Å²) in [7, 11) is 0. The summed E-state index contributed by atoms with van der Waals surface area (Å²) in [5, 5.41) is 3.54. The van der Waals surface area contributed by atoms with Gasteiger partial charge in [0.2, 0.25) is 0 Å². The van der Waals surface area contributed by atoms with Crippen molar-refractivity contribution in [3.63, 3.8) is 0 Å². The molecule has 1 nitrogen and oxygen atoms in total. The van der Waals surface area contributed by atoms with Gasteiger partial charge in [-0.05, 0) is 42.0 Å². The molecule has 1 N–H and O–H groups in total. The molecule has 3 rings (SSSR count). The third-order valence-corrected chi connectivity index (χ3v) is 4.94. The fourth-order valence-corrected chi connectivity index (χ4v) is 3.66. The van der Waals surface area contributed by atoms with E-state index < -0.39 is 0 Å². The van der Waals surface area contributed by atoms with Gasteiger partial charge in [0.05, 0.1) is 0 Å². The average Bonchev–Trinajstić information content (AvgIpc) is 2.71. The Kier molecular flexibility index (Phi) is 3.00. The first-order valence-corrected chi connectivity index (χ1v) is 7.46. The van der Waals surface area contributed by atoms with Gasteiger partial charge in [-0.2, -0.15) is 0 Å². The quantitative estimate of drug-likeness (QED) is 0.759. The van der Waals surface area contributed by atoms with Gasteiger partial charge in [0.25, 0.3) is 0 Å². The van der Waals surface area contributed by atoms with Crippen molar-refractivity contribution in [2.24, 2.45) is 0 Å². The predicted molar refractivity (Wildman–Crippen MR) is 83.3 cm³/mol. The summed E-state index contributed by atoms with van der Waals surface area (Å²) in [5.74, 6) is 0. The number of allylic oxidation sites excluding steroid dienone is 2. The summed E-state index contributed by atoms with van der Waals surface area (Å²) < 4.78 is 0. The summed E-state index contributed by atoms with van der Waals surface area (Å²) in [5.41, 5.74) is 6.61. The van der Waals surface area contributed by atoms with E-state index >= 15 is 0 Å². The molecule has 0 bridgehead atoms. The number of hydrogen-bond donors (Lipinski definition) is 1. The van der Waals surface area contributed by atoms with E-state index in [2.05, 4.69) is 43.6 Å². The third-order valence-electron chi connectivity index (χ3n) is 4.94. The molecule has 0 amide bonds. The Labute approximate surface area is 116 Å². The smallest absolute Gasteiger partial charge is 0.0430 e. The van der Waals surface area contributed by atoms with Gasteiger partial charge >= 0.3 is 0 Å². The molecule has 100 valence electrons. The van der Waals surface area contributed by atoms with Crippen LogP contribution in [0.4, 0.5) is 5.69 Å². The van der Waals surface area contributed by atoms with Crippen molar-refractivity contribution < 1.29 is 0 Å². The Morgan fingerprint density at radius 2 is 2.00 bits per heavy atom. The second kappa shape index (κ2) is 4.56. The molecule has 1 aliphatic heterocycles. The van der Waals surface area contributed by atoms with Gasteiger partial charge in [0.15, 0.2) is 0 Å². The van der Waals surface area contributed by atoms with E-state index in [-0.39, 0.29) is 5.41 Å². The van der Waals surface area contributed by atoms with Crippen LogP contribution in [0.3, 0.4) is 0 Å². The van der Waals surface area contributed by atoms with Crippen LogP contribution >= 0.6 is 0 Å². The second-order valence-electron chi connectivity index (χ2n) is 5.96. The number of nitrogens with one attached hydrogen (secondary N) is 1. The fraction of sp³-hybridized carbons (Fsp3) is 0.444. The van der Waals surface area contributed by atoms with Gasteiger partial charge in [0, 0.05) is 16.8 Å². The van der Waals surface area contributed by atoms with Crippen LogP contribution in [0.1, 0.15) is 56.6 Å². The average molecular weight is 253 g/mol. The maximum absolute atomic E-state index is 4.31. The molecule has 1 aliphatic carbocycles. The summed E-state index contributed by atoms with van der Waals surface area (Å²) in [6.07, 6.45) is 7.52. The minimum Gasteiger partial charge on any atom is -0.358 e. The van der Waals surface area contributed by atoms with E-state index in [1.54, 1.807) is 0 Å². The lowest BCUT2D eigenvalue weighted by Crippen LogP contribution is -2.28. The van der Waals surface area contributed by atoms with Crippen LogP contribution in [-0.4, -0.2) is 0 Å². The highest BCUT2D eigenvalue weighted by Gasteiger charge is 2.42. The van der Waals surface area contributed by atoms with Crippen LogP contribution < -0.4 is 5.32 Å². The van der Waals surface area contributed by atoms with Crippen molar-refractivity contribution in [1.82, 2.24) is 0 Å². The number of hydrogen-bond acceptors (Lipinski definition) is 1. The van der Waals surface area contributed by atoms with Gasteiger partial charge in [-0.15, -0.1) is 0 Å². The van der Waals surface area contributed by atoms with Crippen molar-refractivity contribution in [1.29, 1.82) is 0 Å². The molecule has 0 radical (unpaired) electrons. The maximum atomic E-state index is 4.31. The highest BCUT2D eigenvalue weighted by Crippen LogP contribution is 2.51. The van der Waals surface area contributed by atoms with Crippen LogP contribution in [0.2, 0.25) is 0 Å². The lowest BCUT2D eigenvalue weighted by molar-refractivity contribution is 0.351. The van der Waals surface area contributed by atoms with E-state index in [9.17, 15) is 0 Å². The molecular weight excluding hydrogens is 230 g/mol. The Morgan fingerprint density at radius 1 is 1.26 bits per heavy atom. The van der Waals surface area contributed by atoms with Gasteiger partial charge in [-0.25, -0.2) is 0 Å². The minimum absolute atomic E-state index is 0.208. The second-order valence-corrected chi connectivity index (χ2v) is 5.96.